The fourth-order valence-corrected chi connectivity index (χ4v) is 5.63. The van der Waals surface area contributed by atoms with Gasteiger partial charge < -0.3 is 14.4 Å². The normalized spacial score (nSPS) is 17.4. The number of hydrogen-bond donors (Lipinski definition) is 0. The van der Waals surface area contributed by atoms with Crippen LogP contribution in [0.15, 0.2) is 66.7 Å². The van der Waals surface area contributed by atoms with Crippen molar-refractivity contribution in [2.75, 3.05) is 45.3 Å². The van der Waals surface area contributed by atoms with Crippen LogP contribution >= 0.6 is 0 Å². The van der Waals surface area contributed by atoms with Gasteiger partial charge in [-0.3, -0.25) is 19.4 Å². The second-order valence-electron chi connectivity index (χ2n) is 9.71. The van der Waals surface area contributed by atoms with Gasteiger partial charge in [-0.2, -0.15) is 0 Å². The third-order valence-corrected chi connectivity index (χ3v) is 7.79. The average molecular weight is 513 g/mol. The number of rotatable bonds is 8. The minimum Gasteiger partial charge on any atom is -0.493 e. The first-order valence-electron chi connectivity index (χ1n) is 13.0. The Labute approximate surface area is 224 Å². The minimum atomic E-state index is -0.515. The average Bonchev–Trinajstić information content (AvgIpc) is 3.23. The van der Waals surface area contributed by atoms with Crippen molar-refractivity contribution in [1.29, 1.82) is 0 Å². The number of piperazine rings is 1. The number of methoxy groups -OCH3 is 2. The molecule has 7 nitrogen and oxygen atoms in total. The van der Waals surface area contributed by atoms with E-state index in [1.54, 1.807) is 26.4 Å². The molecule has 0 aromatic heterocycles. The molecule has 1 saturated heterocycles. The molecule has 2 aliphatic heterocycles. The molecule has 197 valence electrons. The van der Waals surface area contributed by atoms with Gasteiger partial charge in [0.25, 0.3) is 11.8 Å². The van der Waals surface area contributed by atoms with Crippen LogP contribution in [0.1, 0.15) is 57.3 Å². The lowest BCUT2D eigenvalue weighted by Crippen LogP contribution is -2.47. The zero-order chi connectivity index (χ0) is 26.8. The number of hydrogen-bond acceptors (Lipinski definition) is 6. The van der Waals surface area contributed by atoms with E-state index in [9.17, 15) is 9.59 Å². The lowest BCUT2D eigenvalue weighted by atomic mass is 10.0. The summed E-state index contributed by atoms with van der Waals surface area (Å²) in [6, 6.07) is 21.4. The Morgan fingerprint density at radius 1 is 0.816 bits per heavy atom. The topological polar surface area (TPSA) is 62.3 Å². The number of anilines is 1. The van der Waals surface area contributed by atoms with Crippen molar-refractivity contribution in [2.45, 2.75) is 25.4 Å². The van der Waals surface area contributed by atoms with Crippen LogP contribution in [0, 0.1) is 6.92 Å². The van der Waals surface area contributed by atoms with Crippen LogP contribution in [0.2, 0.25) is 0 Å². The van der Waals surface area contributed by atoms with Gasteiger partial charge in [0.2, 0.25) is 0 Å². The number of benzene rings is 3. The van der Waals surface area contributed by atoms with E-state index in [0.29, 0.717) is 35.1 Å². The maximum absolute atomic E-state index is 13.9. The van der Waals surface area contributed by atoms with Gasteiger partial charge in [0.15, 0.2) is 11.5 Å². The molecule has 0 bridgehead atoms. The van der Waals surface area contributed by atoms with E-state index in [-0.39, 0.29) is 11.8 Å². The number of nitrogens with zero attached hydrogens (tertiary/aromatic N) is 3. The van der Waals surface area contributed by atoms with Gasteiger partial charge in [0.1, 0.15) is 0 Å². The van der Waals surface area contributed by atoms with Crippen molar-refractivity contribution in [1.82, 2.24) is 9.80 Å². The molecule has 1 radical (unpaired) electrons. The van der Waals surface area contributed by atoms with Gasteiger partial charge in [-0.25, -0.2) is 0 Å². The van der Waals surface area contributed by atoms with Crippen LogP contribution in [0.4, 0.5) is 5.69 Å². The molecule has 2 heterocycles. The zero-order valence-corrected chi connectivity index (χ0v) is 22.2. The maximum Gasteiger partial charge on any atom is 0.264 e. The van der Waals surface area contributed by atoms with Gasteiger partial charge in [-0.1, -0.05) is 49.4 Å². The summed E-state index contributed by atoms with van der Waals surface area (Å²) in [5.74, 6) is 0.573. The first-order chi connectivity index (χ1) is 18.5. The summed E-state index contributed by atoms with van der Waals surface area (Å²) in [6.07, 6.45) is 0.340. The summed E-state index contributed by atoms with van der Waals surface area (Å²) in [5, 5.41) is 0. The van der Waals surface area contributed by atoms with Gasteiger partial charge in [-0.15, -0.1) is 0 Å². The lowest BCUT2D eigenvalue weighted by molar-refractivity contribution is 0.0582. The van der Waals surface area contributed by atoms with E-state index in [0.717, 1.165) is 37.4 Å². The zero-order valence-electron chi connectivity index (χ0n) is 22.2. The second-order valence-corrected chi connectivity index (χ2v) is 9.71. The number of amides is 2. The van der Waals surface area contributed by atoms with E-state index >= 15 is 0 Å². The predicted molar refractivity (Wildman–Crippen MR) is 148 cm³/mol. The number of fused-ring (bicyclic) bond motifs is 1. The second kappa shape index (κ2) is 10.9. The van der Waals surface area contributed by atoms with E-state index in [1.807, 2.05) is 30.3 Å². The van der Waals surface area contributed by atoms with Crippen LogP contribution in [-0.2, 0) is 0 Å². The van der Waals surface area contributed by atoms with Gasteiger partial charge in [0, 0.05) is 32.2 Å². The van der Waals surface area contributed by atoms with Crippen LogP contribution < -0.4 is 14.4 Å². The van der Waals surface area contributed by atoms with Crippen molar-refractivity contribution in [3.8, 4) is 11.5 Å². The fourth-order valence-electron chi connectivity index (χ4n) is 5.63. The molecule has 2 amide bonds. The van der Waals surface area contributed by atoms with Crippen molar-refractivity contribution >= 4 is 17.5 Å². The van der Waals surface area contributed by atoms with Crippen LogP contribution in [-0.4, -0.2) is 62.0 Å². The molecule has 2 atom stereocenters. The molecule has 2 aliphatic rings. The first kappa shape index (κ1) is 25.8. The summed E-state index contributed by atoms with van der Waals surface area (Å²) in [7, 11) is 3.14. The molecular formula is C31H34N3O4. The molecular weight excluding hydrogens is 478 g/mol. The highest BCUT2D eigenvalue weighted by molar-refractivity contribution is 6.24. The third-order valence-electron chi connectivity index (χ3n) is 7.79. The number of carbonyl (C=O) groups is 2. The Hall–Kier alpha value is -3.84. The number of carbonyl (C=O) groups excluding carboxylic acids is 2. The minimum absolute atomic E-state index is 0.274. The van der Waals surface area contributed by atoms with Crippen LogP contribution in [0.3, 0.4) is 0 Å². The Bertz CT molecular complexity index is 1320. The summed E-state index contributed by atoms with van der Waals surface area (Å²) < 4.78 is 10.8. The van der Waals surface area contributed by atoms with Crippen molar-refractivity contribution in [3.05, 3.63) is 95.9 Å². The summed E-state index contributed by atoms with van der Waals surface area (Å²) in [4.78, 5) is 33.5. The molecule has 0 saturated carbocycles. The summed E-state index contributed by atoms with van der Waals surface area (Å²) in [6.45, 7) is 9.61. The maximum atomic E-state index is 13.9. The summed E-state index contributed by atoms with van der Waals surface area (Å²) in [5.41, 5.74) is 3.84. The van der Waals surface area contributed by atoms with E-state index in [2.05, 4.69) is 47.9 Å². The highest BCUT2D eigenvalue weighted by atomic mass is 16.5. The van der Waals surface area contributed by atoms with Crippen molar-refractivity contribution in [2.24, 2.45) is 0 Å². The Balaban J connectivity index is 1.38. The Morgan fingerprint density at radius 2 is 1.53 bits per heavy atom. The Morgan fingerprint density at radius 3 is 2.18 bits per heavy atom. The standard InChI is InChI=1S/C31H34N3O4/c1-5-25(23-14-15-27(37-3)28(20-23)38-4)34-30(35)24-12-9-13-26(29(24)31(34)36)33-18-16-32(17-19-33)21(2)22-10-7-6-8-11-22/h6-15,20-21,25H,1,5,16-19H2,2-4H3/t21-,25?/m1/s1. The van der Waals surface area contributed by atoms with Gasteiger partial charge >= 0.3 is 0 Å². The molecule has 38 heavy (non-hydrogen) atoms. The fraction of sp³-hybridized carbons (Fsp3) is 0.323. The Kier molecular flexibility index (Phi) is 7.38. The number of imide groups is 1. The smallest absolute Gasteiger partial charge is 0.264 e. The first-order valence-corrected chi connectivity index (χ1v) is 13.0. The molecule has 7 heteroatoms. The molecule has 1 fully saturated rings. The van der Waals surface area contributed by atoms with Crippen LogP contribution in [0.5, 0.6) is 11.5 Å². The molecule has 3 aromatic rings. The van der Waals surface area contributed by atoms with Crippen molar-refractivity contribution < 1.29 is 19.1 Å². The molecule has 3 aromatic carbocycles. The molecule has 5 rings (SSSR count). The predicted octanol–water partition coefficient (Wildman–Crippen LogP) is 5.15. The van der Waals surface area contributed by atoms with Gasteiger partial charge in [-0.05, 0) is 48.7 Å². The largest absolute Gasteiger partial charge is 0.493 e. The summed E-state index contributed by atoms with van der Waals surface area (Å²) >= 11 is 0. The lowest BCUT2D eigenvalue weighted by Gasteiger charge is -2.39. The van der Waals surface area contributed by atoms with Crippen molar-refractivity contribution in [3.63, 3.8) is 0 Å². The highest BCUT2D eigenvalue weighted by Gasteiger charge is 2.42. The molecule has 0 aliphatic carbocycles. The van der Waals surface area contributed by atoms with E-state index in [1.165, 1.54) is 10.5 Å². The SMILES string of the molecule is [CH2]CC(c1ccc(OC)c(OC)c1)N1C(=O)c2cccc(N3CCN([C@H](C)c4ccccc4)CC3)c2C1=O. The highest BCUT2D eigenvalue weighted by Crippen LogP contribution is 2.40. The molecule has 0 N–H and O–H groups in total. The molecule has 1 unspecified atom stereocenters. The number of ether oxygens (including phenoxy) is 2. The van der Waals surface area contributed by atoms with E-state index < -0.39 is 6.04 Å². The van der Waals surface area contributed by atoms with Crippen LogP contribution in [0.25, 0.3) is 0 Å². The monoisotopic (exact) mass is 512 g/mol. The quantitative estimate of drug-likeness (QED) is 0.389. The third kappa shape index (κ3) is 4.52. The van der Waals surface area contributed by atoms with E-state index in [4.69, 9.17) is 9.47 Å². The van der Waals surface area contributed by atoms with Gasteiger partial charge in [0.05, 0.1) is 37.1 Å². The molecule has 0 spiro atoms.